The van der Waals surface area contributed by atoms with Crippen LogP contribution in [0.25, 0.3) is 0 Å². The van der Waals surface area contributed by atoms with Gasteiger partial charge < -0.3 is 16.0 Å². The first-order valence-corrected chi connectivity index (χ1v) is 6.75. The van der Waals surface area contributed by atoms with Gasteiger partial charge in [-0.2, -0.15) is 0 Å². The van der Waals surface area contributed by atoms with Crippen molar-refractivity contribution < 1.29 is 4.79 Å². The molecule has 0 aromatic heterocycles. The zero-order chi connectivity index (χ0) is 12.4. The van der Waals surface area contributed by atoms with E-state index in [0.29, 0.717) is 0 Å². The second kappa shape index (κ2) is 5.36. The van der Waals surface area contributed by atoms with Gasteiger partial charge in [0, 0.05) is 13.1 Å². The summed E-state index contributed by atoms with van der Waals surface area (Å²) in [6.07, 6.45) is 5.72. The summed E-state index contributed by atoms with van der Waals surface area (Å²) in [6.45, 7) is 1.84. The lowest BCUT2D eigenvalue weighted by Gasteiger charge is -2.28. The molecule has 0 saturated heterocycles. The SMILES string of the molecule is CNC(CN(C)CC1CC2CCC1C2)C(N)=O. The van der Waals surface area contributed by atoms with Gasteiger partial charge in [0.2, 0.25) is 5.91 Å². The molecule has 3 N–H and O–H groups in total. The van der Waals surface area contributed by atoms with Gasteiger partial charge in [0.25, 0.3) is 0 Å². The van der Waals surface area contributed by atoms with E-state index in [1.807, 2.05) is 0 Å². The summed E-state index contributed by atoms with van der Waals surface area (Å²) in [5.41, 5.74) is 5.34. The summed E-state index contributed by atoms with van der Waals surface area (Å²) in [5.74, 6) is 2.54. The first-order valence-electron chi connectivity index (χ1n) is 6.75. The maximum Gasteiger partial charge on any atom is 0.235 e. The summed E-state index contributed by atoms with van der Waals surface area (Å²) in [5, 5.41) is 2.98. The first-order chi connectivity index (χ1) is 8.10. The smallest absolute Gasteiger partial charge is 0.235 e. The Bertz CT molecular complexity index is 282. The predicted molar refractivity (Wildman–Crippen MR) is 68.5 cm³/mol. The van der Waals surface area contributed by atoms with E-state index in [-0.39, 0.29) is 11.9 Å². The zero-order valence-electron chi connectivity index (χ0n) is 11.0. The normalized spacial score (nSPS) is 33.2. The quantitative estimate of drug-likeness (QED) is 0.706. The van der Waals surface area contributed by atoms with E-state index in [4.69, 9.17) is 5.73 Å². The molecular formula is C13H25N3O. The van der Waals surface area contributed by atoms with Gasteiger partial charge in [-0.1, -0.05) is 6.42 Å². The lowest BCUT2D eigenvalue weighted by atomic mass is 9.88. The van der Waals surface area contributed by atoms with Crippen LogP contribution < -0.4 is 11.1 Å². The van der Waals surface area contributed by atoms with Crippen LogP contribution in [-0.2, 0) is 4.79 Å². The minimum Gasteiger partial charge on any atom is -0.368 e. The van der Waals surface area contributed by atoms with Gasteiger partial charge in [0.15, 0.2) is 0 Å². The molecule has 0 aromatic carbocycles. The molecule has 2 fully saturated rings. The number of hydrogen-bond acceptors (Lipinski definition) is 3. The molecule has 0 aromatic rings. The van der Waals surface area contributed by atoms with Gasteiger partial charge in [-0.15, -0.1) is 0 Å². The molecular weight excluding hydrogens is 214 g/mol. The molecule has 2 aliphatic rings. The Morgan fingerprint density at radius 2 is 2.24 bits per heavy atom. The number of nitrogens with one attached hydrogen (secondary N) is 1. The molecule has 4 unspecified atom stereocenters. The van der Waals surface area contributed by atoms with Crippen molar-refractivity contribution >= 4 is 5.91 Å². The second-order valence-corrected chi connectivity index (χ2v) is 5.90. The van der Waals surface area contributed by atoms with E-state index in [0.717, 1.165) is 30.8 Å². The topological polar surface area (TPSA) is 58.4 Å². The van der Waals surface area contributed by atoms with Crippen LogP contribution in [0.5, 0.6) is 0 Å². The molecule has 4 heteroatoms. The summed E-state index contributed by atoms with van der Waals surface area (Å²) in [7, 11) is 3.89. The highest BCUT2D eigenvalue weighted by molar-refractivity contribution is 5.80. The standard InChI is InChI=1S/C13H25N3O/c1-15-12(13(14)17)8-16(2)7-11-6-9-3-4-10(11)5-9/h9-12,15H,3-8H2,1-2H3,(H2,14,17). The monoisotopic (exact) mass is 239 g/mol. The van der Waals surface area contributed by atoms with Gasteiger partial charge in [-0.05, 0) is 51.1 Å². The van der Waals surface area contributed by atoms with Crippen LogP contribution in [-0.4, -0.2) is 44.0 Å². The van der Waals surface area contributed by atoms with Crippen molar-refractivity contribution in [2.75, 3.05) is 27.2 Å². The molecule has 2 rings (SSSR count). The average Bonchev–Trinajstić information content (AvgIpc) is 2.87. The lowest BCUT2D eigenvalue weighted by molar-refractivity contribution is -0.120. The number of hydrogen-bond donors (Lipinski definition) is 2. The van der Waals surface area contributed by atoms with Crippen LogP contribution in [0.15, 0.2) is 0 Å². The van der Waals surface area contributed by atoms with Crippen molar-refractivity contribution in [3.8, 4) is 0 Å². The van der Waals surface area contributed by atoms with Crippen LogP contribution in [0.1, 0.15) is 25.7 Å². The molecule has 4 atom stereocenters. The molecule has 1 amide bonds. The van der Waals surface area contributed by atoms with Crippen molar-refractivity contribution in [3.05, 3.63) is 0 Å². The van der Waals surface area contributed by atoms with Gasteiger partial charge >= 0.3 is 0 Å². The number of likely N-dealkylation sites (N-methyl/N-ethyl adjacent to an activating group) is 2. The van der Waals surface area contributed by atoms with E-state index >= 15 is 0 Å². The minimum atomic E-state index is -0.257. The van der Waals surface area contributed by atoms with Crippen LogP contribution in [0.2, 0.25) is 0 Å². The highest BCUT2D eigenvalue weighted by atomic mass is 16.1. The highest BCUT2D eigenvalue weighted by Gasteiger charge is 2.39. The Labute approximate surface area is 104 Å². The summed E-state index contributed by atoms with van der Waals surface area (Å²) >= 11 is 0. The fourth-order valence-electron chi connectivity index (χ4n) is 3.71. The molecule has 0 radical (unpaired) electrons. The molecule has 0 aliphatic heterocycles. The maximum absolute atomic E-state index is 11.2. The van der Waals surface area contributed by atoms with Crippen molar-refractivity contribution in [3.63, 3.8) is 0 Å². The minimum absolute atomic E-state index is 0.224. The largest absolute Gasteiger partial charge is 0.368 e. The van der Waals surface area contributed by atoms with Gasteiger partial charge in [-0.25, -0.2) is 0 Å². The Balaban J connectivity index is 1.77. The fraction of sp³-hybridized carbons (Fsp3) is 0.923. The molecule has 98 valence electrons. The maximum atomic E-state index is 11.2. The van der Waals surface area contributed by atoms with Crippen molar-refractivity contribution in [1.29, 1.82) is 0 Å². The van der Waals surface area contributed by atoms with Crippen molar-refractivity contribution in [1.82, 2.24) is 10.2 Å². The van der Waals surface area contributed by atoms with Gasteiger partial charge in [0.1, 0.15) is 0 Å². The number of nitrogens with two attached hydrogens (primary N) is 1. The molecule has 2 aliphatic carbocycles. The summed E-state index contributed by atoms with van der Waals surface area (Å²) in [4.78, 5) is 13.4. The van der Waals surface area contributed by atoms with E-state index < -0.39 is 0 Å². The van der Waals surface area contributed by atoms with Crippen LogP contribution >= 0.6 is 0 Å². The van der Waals surface area contributed by atoms with E-state index in [1.54, 1.807) is 7.05 Å². The van der Waals surface area contributed by atoms with Crippen LogP contribution in [0.4, 0.5) is 0 Å². The number of carbonyl (C=O) groups excluding carboxylic acids is 1. The van der Waals surface area contributed by atoms with Crippen molar-refractivity contribution in [2.45, 2.75) is 31.7 Å². The predicted octanol–water partition coefficient (Wildman–Crippen LogP) is 0.428. The van der Waals surface area contributed by atoms with Crippen molar-refractivity contribution in [2.24, 2.45) is 23.5 Å². The second-order valence-electron chi connectivity index (χ2n) is 5.90. The number of amides is 1. The average molecular weight is 239 g/mol. The third kappa shape index (κ3) is 2.99. The first kappa shape index (κ1) is 12.8. The summed E-state index contributed by atoms with van der Waals surface area (Å²) in [6, 6.07) is -0.224. The molecule has 0 spiro atoms. The molecule has 2 saturated carbocycles. The summed E-state index contributed by atoms with van der Waals surface area (Å²) < 4.78 is 0. The number of nitrogens with zero attached hydrogens (tertiary/aromatic N) is 1. The Morgan fingerprint density at radius 3 is 2.71 bits per heavy atom. The van der Waals surface area contributed by atoms with Gasteiger partial charge in [-0.3, -0.25) is 4.79 Å². The fourth-order valence-corrected chi connectivity index (χ4v) is 3.71. The Kier molecular flexibility index (Phi) is 4.05. The molecule has 2 bridgehead atoms. The number of rotatable bonds is 6. The third-order valence-corrected chi connectivity index (χ3v) is 4.62. The number of fused-ring (bicyclic) bond motifs is 2. The number of primary amides is 1. The van der Waals surface area contributed by atoms with Gasteiger partial charge in [0.05, 0.1) is 6.04 Å². The van der Waals surface area contributed by atoms with E-state index in [1.165, 1.54) is 25.7 Å². The number of carbonyl (C=O) groups is 1. The third-order valence-electron chi connectivity index (χ3n) is 4.62. The van der Waals surface area contributed by atoms with Crippen LogP contribution in [0.3, 0.4) is 0 Å². The Hall–Kier alpha value is -0.610. The molecule has 4 nitrogen and oxygen atoms in total. The highest BCUT2D eigenvalue weighted by Crippen LogP contribution is 2.48. The lowest BCUT2D eigenvalue weighted by Crippen LogP contribution is -2.47. The zero-order valence-corrected chi connectivity index (χ0v) is 11.0. The van der Waals surface area contributed by atoms with Crippen LogP contribution in [0, 0.1) is 17.8 Å². The molecule has 0 heterocycles. The van der Waals surface area contributed by atoms with E-state index in [2.05, 4.69) is 17.3 Å². The molecule has 17 heavy (non-hydrogen) atoms. The van der Waals surface area contributed by atoms with E-state index in [9.17, 15) is 4.79 Å². The Morgan fingerprint density at radius 1 is 1.47 bits per heavy atom.